The van der Waals surface area contributed by atoms with Gasteiger partial charge >= 0.3 is 0 Å². The van der Waals surface area contributed by atoms with Crippen LogP contribution in [0.2, 0.25) is 5.02 Å². The molecule has 104 valence electrons. The van der Waals surface area contributed by atoms with Crippen molar-refractivity contribution in [2.45, 2.75) is 25.3 Å². The number of hydrogen-bond acceptors (Lipinski definition) is 2. The van der Waals surface area contributed by atoms with Gasteiger partial charge in [-0.25, -0.2) is 0 Å². The first-order chi connectivity index (χ1) is 9.04. The van der Waals surface area contributed by atoms with Crippen molar-refractivity contribution in [1.29, 1.82) is 0 Å². The minimum Gasteiger partial charge on any atom is -0.338 e. The van der Waals surface area contributed by atoms with Gasteiger partial charge in [0.05, 0.1) is 5.56 Å². The third-order valence-electron chi connectivity index (χ3n) is 3.90. The van der Waals surface area contributed by atoms with E-state index in [4.69, 9.17) is 17.3 Å². The number of nitrogens with two attached hydrogens (primary N) is 1. The standard InChI is InChI=1S/C14H18BrClN2O/c1-18(13-4-2-3-9(13)8-17)14(19)11-6-5-10(16)7-12(11)15/h5-7,9,13H,2-4,8,17H2,1H3. The lowest BCUT2D eigenvalue weighted by Crippen LogP contribution is -2.41. The van der Waals surface area contributed by atoms with Crippen LogP contribution in [-0.4, -0.2) is 30.4 Å². The molecule has 0 saturated heterocycles. The second kappa shape index (κ2) is 6.25. The van der Waals surface area contributed by atoms with E-state index in [-0.39, 0.29) is 11.9 Å². The number of nitrogens with zero attached hydrogens (tertiary/aromatic N) is 1. The summed E-state index contributed by atoms with van der Waals surface area (Å²) in [5.74, 6) is 0.439. The fourth-order valence-electron chi connectivity index (χ4n) is 2.81. The zero-order valence-electron chi connectivity index (χ0n) is 10.9. The molecule has 0 bridgehead atoms. The Hall–Kier alpha value is -0.580. The van der Waals surface area contributed by atoms with Crippen LogP contribution < -0.4 is 5.73 Å². The molecular formula is C14H18BrClN2O. The van der Waals surface area contributed by atoms with E-state index in [1.807, 2.05) is 11.9 Å². The highest BCUT2D eigenvalue weighted by atomic mass is 79.9. The molecule has 0 spiro atoms. The Morgan fingerprint density at radius 3 is 2.89 bits per heavy atom. The van der Waals surface area contributed by atoms with Crippen molar-refractivity contribution in [1.82, 2.24) is 4.90 Å². The molecule has 2 unspecified atom stereocenters. The summed E-state index contributed by atoms with van der Waals surface area (Å²) in [5.41, 5.74) is 6.43. The molecule has 19 heavy (non-hydrogen) atoms. The molecule has 1 aromatic carbocycles. The molecule has 1 saturated carbocycles. The number of carbonyl (C=O) groups is 1. The van der Waals surface area contributed by atoms with Crippen LogP contribution >= 0.6 is 27.5 Å². The van der Waals surface area contributed by atoms with Crippen molar-refractivity contribution in [2.24, 2.45) is 11.7 Å². The average molecular weight is 346 g/mol. The van der Waals surface area contributed by atoms with Crippen LogP contribution in [0.1, 0.15) is 29.6 Å². The quantitative estimate of drug-likeness (QED) is 0.913. The Morgan fingerprint density at radius 2 is 2.26 bits per heavy atom. The molecule has 0 aromatic heterocycles. The van der Waals surface area contributed by atoms with Gasteiger partial charge < -0.3 is 10.6 Å². The minimum atomic E-state index is 0.0221. The Bertz CT molecular complexity index is 481. The second-order valence-electron chi connectivity index (χ2n) is 5.03. The first-order valence-electron chi connectivity index (χ1n) is 6.47. The molecule has 1 aromatic rings. The van der Waals surface area contributed by atoms with E-state index in [1.165, 1.54) is 0 Å². The lowest BCUT2D eigenvalue weighted by molar-refractivity contribution is 0.0699. The zero-order chi connectivity index (χ0) is 14.0. The van der Waals surface area contributed by atoms with E-state index in [1.54, 1.807) is 18.2 Å². The van der Waals surface area contributed by atoms with Gasteiger partial charge in [0.1, 0.15) is 0 Å². The summed E-state index contributed by atoms with van der Waals surface area (Å²) in [6, 6.07) is 5.50. The smallest absolute Gasteiger partial charge is 0.255 e. The number of benzene rings is 1. The first kappa shape index (κ1) is 14.8. The van der Waals surface area contributed by atoms with Crippen LogP contribution in [-0.2, 0) is 0 Å². The van der Waals surface area contributed by atoms with Gasteiger partial charge in [-0.1, -0.05) is 18.0 Å². The van der Waals surface area contributed by atoms with Crippen molar-refractivity contribution >= 4 is 33.4 Å². The maximum atomic E-state index is 12.5. The van der Waals surface area contributed by atoms with Crippen molar-refractivity contribution in [3.8, 4) is 0 Å². The molecule has 0 radical (unpaired) electrons. The van der Waals surface area contributed by atoms with Crippen molar-refractivity contribution < 1.29 is 4.79 Å². The zero-order valence-corrected chi connectivity index (χ0v) is 13.2. The number of amides is 1. The number of hydrogen-bond donors (Lipinski definition) is 1. The highest BCUT2D eigenvalue weighted by Crippen LogP contribution is 2.30. The largest absolute Gasteiger partial charge is 0.338 e. The molecular weight excluding hydrogens is 328 g/mol. The van der Waals surface area contributed by atoms with Crippen LogP contribution in [0.4, 0.5) is 0 Å². The van der Waals surface area contributed by atoms with Gasteiger partial charge in [0.15, 0.2) is 0 Å². The molecule has 0 heterocycles. The van der Waals surface area contributed by atoms with Gasteiger partial charge in [-0.15, -0.1) is 0 Å². The number of rotatable bonds is 3. The van der Waals surface area contributed by atoms with Crippen LogP contribution in [0.5, 0.6) is 0 Å². The molecule has 1 amide bonds. The summed E-state index contributed by atoms with van der Waals surface area (Å²) in [6.45, 7) is 0.643. The molecule has 1 fully saturated rings. The molecule has 2 rings (SSSR count). The highest BCUT2D eigenvalue weighted by molar-refractivity contribution is 9.10. The topological polar surface area (TPSA) is 46.3 Å². The van der Waals surface area contributed by atoms with Crippen LogP contribution in [0.25, 0.3) is 0 Å². The fraction of sp³-hybridized carbons (Fsp3) is 0.500. The van der Waals surface area contributed by atoms with Crippen molar-refractivity contribution in [3.05, 3.63) is 33.3 Å². The van der Waals surface area contributed by atoms with Gasteiger partial charge in [0.2, 0.25) is 0 Å². The first-order valence-corrected chi connectivity index (χ1v) is 7.64. The van der Waals surface area contributed by atoms with Gasteiger partial charge in [-0.2, -0.15) is 0 Å². The van der Waals surface area contributed by atoms with Crippen LogP contribution in [0.3, 0.4) is 0 Å². The van der Waals surface area contributed by atoms with E-state index in [0.29, 0.717) is 23.0 Å². The van der Waals surface area contributed by atoms with E-state index in [2.05, 4.69) is 15.9 Å². The van der Waals surface area contributed by atoms with Gasteiger partial charge in [-0.05, 0) is 59.4 Å². The third kappa shape index (κ3) is 3.12. The summed E-state index contributed by atoms with van der Waals surface area (Å²) in [7, 11) is 1.86. The lowest BCUT2D eigenvalue weighted by atomic mass is 10.0. The monoisotopic (exact) mass is 344 g/mol. The lowest BCUT2D eigenvalue weighted by Gasteiger charge is -2.29. The normalized spacial score (nSPS) is 22.5. The van der Waals surface area contributed by atoms with Gasteiger partial charge in [0, 0.05) is 22.6 Å². The van der Waals surface area contributed by atoms with Crippen molar-refractivity contribution in [3.63, 3.8) is 0 Å². The van der Waals surface area contributed by atoms with E-state index >= 15 is 0 Å². The maximum absolute atomic E-state index is 12.5. The summed E-state index contributed by atoms with van der Waals surface area (Å²) in [4.78, 5) is 14.4. The Morgan fingerprint density at radius 1 is 1.53 bits per heavy atom. The molecule has 0 aliphatic heterocycles. The molecule has 2 atom stereocenters. The van der Waals surface area contributed by atoms with Gasteiger partial charge in [0.25, 0.3) is 5.91 Å². The number of halogens is 2. The Balaban J connectivity index is 2.19. The number of carbonyl (C=O) groups excluding carboxylic acids is 1. The maximum Gasteiger partial charge on any atom is 0.255 e. The molecule has 3 nitrogen and oxygen atoms in total. The Kier molecular flexibility index (Phi) is 4.87. The summed E-state index contributed by atoms with van der Waals surface area (Å²) >= 11 is 9.30. The van der Waals surface area contributed by atoms with Gasteiger partial charge in [-0.3, -0.25) is 4.79 Å². The Labute approximate surface area is 127 Å². The molecule has 5 heteroatoms. The molecule has 1 aliphatic carbocycles. The molecule has 1 aliphatic rings. The highest BCUT2D eigenvalue weighted by Gasteiger charge is 2.32. The van der Waals surface area contributed by atoms with Crippen LogP contribution in [0.15, 0.2) is 22.7 Å². The average Bonchev–Trinajstić information content (AvgIpc) is 2.85. The van der Waals surface area contributed by atoms with E-state index in [9.17, 15) is 4.79 Å². The third-order valence-corrected chi connectivity index (χ3v) is 4.79. The van der Waals surface area contributed by atoms with E-state index in [0.717, 1.165) is 23.7 Å². The van der Waals surface area contributed by atoms with E-state index < -0.39 is 0 Å². The fourth-order valence-corrected chi connectivity index (χ4v) is 3.66. The van der Waals surface area contributed by atoms with Crippen molar-refractivity contribution in [2.75, 3.05) is 13.6 Å². The predicted octanol–water partition coefficient (Wildman–Crippen LogP) is 3.30. The predicted molar refractivity (Wildman–Crippen MR) is 81.4 cm³/mol. The second-order valence-corrected chi connectivity index (χ2v) is 6.33. The molecule has 2 N–H and O–H groups in total. The SMILES string of the molecule is CN(C(=O)c1ccc(Cl)cc1Br)C1CCCC1CN. The summed E-state index contributed by atoms with van der Waals surface area (Å²) in [6.07, 6.45) is 3.29. The minimum absolute atomic E-state index is 0.0221. The summed E-state index contributed by atoms with van der Waals surface area (Å²) < 4.78 is 0.735. The van der Waals surface area contributed by atoms with Crippen LogP contribution in [0, 0.1) is 5.92 Å². The summed E-state index contributed by atoms with van der Waals surface area (Å²) in [5, 5.41) is 0.617.